The Balaban J connectivity index is 2.74. The zero-order valence-corrected chi connectivity index (χ0v) is 10.1. The minimum Gasteiger partial charge on any atom is -0.478 e. The monoisotopic (exact) mass is 245 g/mol. The van der Waals surface area contributed by atoms with Crippen molar-refractivity contribution in [2.75, 3.05) is 0 Å². The predicted octanol–water partition coefficient (Wildman–Crippen LogP) is 3.20. The van der Waals surface area contributed by atoms with E-state index in [0.717, 1.165) is 5.56 Å². The molecule has 18 heavy (non-hydrogen) atoms. The van der Waals surface area contributed by atoms with Crippen LogP contribution in [0.5, 0.6) is 0 Å². The summed E-state index contributed by atoms with van der Waals surface area (Å²) in [6.45, 7) is 3.51. The Kier molecular flexibility index (Phi) is 3.10. The average molecular weight is 245 g/mol. The molecule has 1 aromatic heterocycles. The second-order valence-electron chi connectivity index (χ2n) is 4.14. The van der Waals surface area contributed by atoms with Crippen LogP contribution in [-0.2, 0) is 0 Å². The third-order valence-corrected chi connectivity index (χ3v) is 2.82. The first-order valence-corrected chi connectivity index (χ1v) is 5.45. The van der Waals surface area contributed by atoms with Gasteiger partial charge in [-0.05, 0) is 48.7 Å². The van der Waals surface area contributed by atoms with Crippen LogP contribution in [-0.4, -0.2) is 16.1 Å². The number of nitrogens with zero attached hydrogens (tertiary/aromatic N) is 1. The molecule has 0 aliphatic carbocycles. The summed E-state index contributed by atoms with van der Waals surface area (Å²) in [5, 5.41) is 9.16. The standard InChI is InChI=1S/C14H12FNO2/c1-8-5-10(15)6-9(2)13(8)12-7-16-4-3-11(12)14(17)18/h3-7H,1-2H3,(H,17,18). The van der Waals surface area contributed by atoms with Crippen LogP contribution >= 0.6 is 0 Å². The third kappa shape index (κ3) is 2.09. The van der Waals surface area contributed by atoms with E-state index in [2.05, 4.69) is 4.98 Å². The number of benzene rings is 1. The lowest BCUT2D eigenvalue weighted by Gasteiger charge is -2.12. The second-order valence-corrected chi connectivity index (χ2v) is 4.14. The van der Waals surface area contributed by atoms with Crippen LogP contribution in [0.1, 0.15) is 21.5 Å². The number of pyridine rings is 1. The van der Waals surface area contributed by atoms with Crippen LogP contribution in [0.3, 0.4) is 0 Å². The molecular weight excluding hydrogens is 233 g/mol. The Morgan fingerprint density at radius 2 is 1.89 bits per heavy atom. The highest BCUT2D eigenvalue weighted by Gasteiger charge is 2.15. The van der Waals surface area contributed by atoms with Gasteiger partial charge in [-0.1, -0.05) is 0 Å². The fourth-order valence-corrected chi connectivity index (χ4v) is 2.12. The van der Waals surface area contributed by atoms with Gasteiger partial charge >= 0.3 is 5.97 Å². The zero-order chi connectivity index (χ0) is 13.3. The van der Waals surface area contributed by atoms with Crippen molar-refractivity contribution >= 4 is 5.97 Å². The number of carboxylic acid groups (broad SMARTS) is 1. The summed E-state index contributed by atoms with van der Waals surface area (Å²) in [5.74, 6) is -1.34. The smallest absolute Gasteiger partial charge is 0.336 e. The molecule has 0 amide bonds. The first-order chi connectivity index (χ1) is 8.50. The second kappa shape index (κ2) is 4.56. The number of rotatable bonds is 2. The Labute approximate surface area is 104 Å². The molecule has 2 aromatic rings. The maximum atomic E-state index is 13.3. The van der Waals surface area contributed by atoms with Gasteiger partial charge in [0.15, 0.2) is 0 Å². The van der Waals surface area contributed by atoms with Crippen molar-refractivity contribution in [3.05, 3.63) is 53.1 Å². The summed E-state index contributed by atoms with van der Waals surface area (Å²) in [6, 6.07) is 4.22. The van der Waals surface area contributed by atoms with E-state index >= 15 is 0 Å². The third-order valence-electron chi connectivity index (χ3n) is 2.82. The normalized spacial score (nSPS) is 10.4. The van der Waals surface area contributed by atoms with E-state index in [1.807, 2.05) is 0 Å². The summed E-state index contributed by atoms with van der Waals surface area (Å²) in [6.07, 6.45) is 2.93. The lowest BCUT2D eigenvalue weighted by Crippen LogP contribution is -2.02. The molecule has 0 aliphatic rings. The number of hydrogen-bond donors (Lipinski definition) is 1. The molecule has 1 aromatic carbocycles. The molecule has 0 fully saturated rings. The van der Waals surface area contributed by atoms with Crippen LogP contribution in [0.25, 0.3) is 11.1 Å². The Hall–Kier alpha value is -2.23. The molecule has 0 atom stereocenters. The average Bonchev–Trinajstić information content (AvgIpc) is 2.28. The molecular formula is C14H12FNO2. The maximum absolute atomic E-state index is 13.3. The van der Waals surface area contributed by atoms with E-state index in [-0.39, 0.29) is 11.4 Å². The lowest BCUT2D eigenvalue weighted by molar-refractivity contribution is 0.0697. The SMILES string of the molecule is Cc1cc(F)cc(C)c1-c1cnccc1C(=O)O. The van der Waals surface area contributed by atoms with E-state index < -0.39 is 5.97 Å². The number of halogens is 1. The van der Waals surface area contributed by atoms with Crippen molar-refractivity contribution in [2.24, 2.45) is 0 Å². The summed E-state index contributed by atoms with van der Waals surface area (Å²) >= 11 is 0. The van der Waals surface area contributed by atoms with Crippen LogP contribution in [0.15, 0.2) is 30.6 Å². The van der Waals surface area contributed by atoms with Crippen molar-refractivity contribution in [1.29, 1.82) is 0 Å². The molecule has 1 heterocycles. The Morgan fingerprint density at radius 1 is 1.28 bits per heavy atom. The first kappa shape index (κ1) is 12.2. The highest BCUT2D eigenvalue weighted by molar-refractivity contribution is 5.96. The quantitative estimate of drug-likeness (QED) is 0.883. The van der Waals surface area contributed by atoms with Gasteiger partial charge in [-0.15, -0.1) is 0 Å². The molecule has 0 spiro atoms. The van der Waals surface area contributed by atoms with Gasteiger partial charge in [0.25, 0.3) is 0 Å². The van der Waals surface area contributed by atoms with E-state index in [1.165, 1.54) is 30.6 Å². The van der Waals surface area contributed by atoms with Crippen LogP contribution in [0.2, 0.25) is 0 Å². The Morgan fingerprint density at radius 3 is 2.44 bits per heavy atom. The molecule has 0 aliphatic heterocycles. The number of carbonyl (C=O) groups is 1. The molecule has 2 rings (SSSR count). The van der Waals surface area contributed by atoms with E-state index in [0.29, 0.717) is 16.7 Å². The summed E-state index contributed by atoms with van der Waals surface area (Å²) in [4.78, 5) is 15.1. The van der Waals surface area contributed by atoms with Crippen LogP contribution in [0.4, 0.5) is 4.39 Å². The van der Waals surface area contributed by atoms with Crippen LogP contribution in [0, 0.1) is 19.7 Å². The minimum absolute atomic E-state index is 0.169. The molecule has 4 heteroatoms. The van der Waals surface area contributed by atoms with Gasteiger partial charge in [0, 0.05) is 18.0 Å². The van der Waals surface area contributed by atoms with E-state index in [4.69, 9.17) is 5.11 Å². The van der Waals surface area contributed by atoms with E-state index in [1.54, 1.807) is 13.8 Å². The number of aromatic carboxylic acids is 1. The molecule has 1 N–H and O–H groups in total. The topological polar surface area (TPSA) is 50.2 Å². The first-order valence-electron chi connectivity index (χ1n) is 5.45. The van der Waals surface area contributed by atoms with Crippen molar-refractivity contribution in [3.63, 3.8) is 0 Å². The summed E-state index contributed by atoms with van der Waals surface area (Å²) in [5.41, 5.74) is 2.80. The van der Waals surface area contributed by atoms with Gasteiger partial charge in [-0.3, -0.25) is 4.98 Å². The molecule has 3 nitrogen and oxygen atoms in total. The number of aryl methyl sites for hydroxylation is 2. The molecule has 0 saturated carbocycles. The highest BCUT2D eigenvalue weighted by Crippen LogP contribution is 2.30. The molecule has 0 bridgehead atoms. The van der Waals surface area contributed by atoms with Crippen molar-refractivity contribution in [2.45, 2.75) is 13.8 Å². The maximum Gasteiger partial charge on any atom is 0.336 e. The summed E-state index contributed by atoms with van der Waals surface area (Å²) in [7, 11) is 0. The number of aromatic nitrogens is 1. The number of carboxylic acids is 1. The van der Waals surface area contributed by atoms with Crippen molar-refractivity contribution < 1.29 is 14.3 Å². The lowest BCUT2D eigenvalue weighted by atomic mass is 9.93. The molecule has 0 unspecified atom stereocenters. The minimum atomic E-state index is -1.02. The highest BCUT2D eigenvalue weighted by atomic mass is 19.1. The van der Waals surface area contributed by atoms with Gasteiger partial charge < -0.3 is 5.11 Å². The van der Waals surface area contributed by atoms with Crippen molar-refractivity contribution in [3.8, 4) is 11.1 Å². The number of hydrogen-bond acceptors (Lipinski definition) is 2. The van der Waals surface area contributed by atoms with Crippen LogP contribution < -0.4 is 0 Å². The van der Waals surface area contributed by atoms with Gasteiger partial charge in [0.1, 0.15) is 5.82 Å². The van der Waals surface area contributed by atoms with Crippen molar-refractivity contribution in [1.82, 2.24) is 4.98 Å². The summed E-state index contributed by atoms with van der Waals surface area (Å²) < 4.78 is 13.3. The molecule has 92 valence electrons. The predicted molar refractivity (Wildman–Crippen MR) is 66.1 cm³/mol. The molecule has 0 radical (unpaired) electrons. The van der Waals surface area contributed by atoms with Gasteiger partial charge in [-0.25, -0.2) is 9.18 Å². The molecule has 0 saturated heterocycles. The van der Waals surface area contributed by atoms with Gasteiger partial charge in [0.2, 0.25) is 0 Å². The van der Waals surface area contributed by atoms with Gasteiger partial charge in [0.05, 0.1) is 5.56 Å². The fourth-order valence-electron chi connectivity index (χ4n) is 2.12. The Bertz CT molecular complexity index is 600. The van der Waals surface area contributed by atoms with Gasteiger partial charge in [-0.2, -0.15) is 0 Å². The van der Waals surface area contributed by atoms with E-state index in [9.17, 15) is 9.18 Å². The largest absolute Gasteiger partial charge is 0.478 e. The fraction of sp³-hybridized carbons (Fsp3) is 0.143. The zero-order valence-electron chi connectivity index (χ0n) is 10.1.